The maximum Gasteiger partial charge on any atom is 0.0658 e. The van der Waals surface area contributed by atoms with Crippen molar-refractivity contribution in [2.75, 3.05) is 0 Å². The molecular weight excluding hydrogens is 278 g/mol. The first kappa shape index (κ1) is 18.8. The highest BCUT2D eigenvalue weighted by Gasteiger charge is 2.48. The van der Waals surface area contributed by atoms with Crippen LogP contribution in [0.1, 0.15) is 93.4 Å². The van der Waals surface area contributed by atoms with E-state index < -0.39 is 0 Å². The molecule has 0 saturated heterocycles. The molecule has 0 amide bonds. The summed E-state index contributed by atoms with van der Waals surface area (Å²) >= 11 is 0. The van der Waals surface area contributed by atoms with Gasteiger partial charge in [0, 0.05) is 5.92 Å². The predicted molar refractivity (Wildman–Crippen MR) is 98.9 cm³/mol. The van der Waals surface area contributed by atoms with Crippen molar-refractivity contribution in [3.63, 3.8) is 0 Å². The van der Waals surface area contributed by atoms with Crippen LogP contribution in [-0.2, 0) is 0 Å². The van der Waals surface area contributed by atoms with Crippen LogP contribution in [-0.4, -0.2) is 0 Å². The van der Waals surface area contributed by atoms with E-state index in [0.717, 1.165) is 11.8 Å². The number of fused-ring (bicyclic) bond motifs is 2. The number of nitriles is 1. The molecule has 2 saturated carbocycles. The van der Waals surface area contributed by atoms with E-state index in [4.69, 9.17) is 0 Å². The summed E-state index contributed by atoms with van der Waals surface area (Å²) in [4.78, 5) is 0. The van der Waals surface area contributed by atoms with Crippen LogP contribution in [0.4, 0.5) is 0 Å². The Kier molecular flexibility index (Phi) is 5.25. The second-order valence-electron chi connectivity index (χ2n) is 10.9. The molecule has 1 nitrogen and oxygen atoms in total. The molecule has 0 aromatic carbocycles. The van der Waals surface area contributed by atoms with E-state index in [1.54, 1.807) is 0 Å². The lowest BCUT2D eigenvalue weighted by Crippen LogP contribution is -2.39. The zero-order chi connectivity index (χ0) is 17.5. The Labute approximate surface area is 145 Å². The topological polar surface area (TPSA) is 23.8 Å². The molecule has 0 heterocycles. The zero-order valence-electron chi connectivity index (χ0n) is 16.7. The van der Waals surface area contributed by atoms with Gasteiger partial charge in [-0.3, -0.25) is 0 Å². The Morgan fingerprint density at radius 2 is 1.65 bits per heavy atom. The normalized spacial score (nSPS) is 33.5. The minimum absolute atomic E-state index is 0.348. The van der Waals surface area contributed by atoms with Gasteiger partial charge in [-0.05, 0) is 78.9 Å². The maximum atomic E-state index is 9.41. The average molecular weight is 318 g/mol. The highest BCUT2D eigenvalue weighted by molar-refractivity contribution is 5.04. The van der Waals surface area contributed by atoms with Crippen LogP contribution in [0.2, 0.25) is 0 Å². The van der Waals surface area contributed by atoms with Gasteiger partial charge in [0.2, 0.25) is 0 Å². The molecule has 1 heteroatoms. The van der Waals surface area contributed by atoms with Crippen molar-refractivity contribution in [3.05, 3.63) is 0 Å². The fourth-order valence-electron chi connectivity index (χ4n) is 6.01. The summed E-state index contributed by atoms with van der Waals surface area (Å²) in [5.41, 5.74) is 1.16. The lowest BCUT2D eigenvalue weighted by molar-refractivity contribution is 0.0121. The van der Waals surface area contributed by atoms with Crippen molar-refractivity contribution >= 4 is 0 Å². The molecule has 0 aromatic heterocycles. The van der Waals surface area contributed by atoms with Gasteiger partial charge in [-0.25, -0.2) is 0 Å². The van der Waals surface area contributed by atoms with Crippen LogP contribution in [0.15, 0.2) is 0 Å². The van der Waals surface area contributed by atoms with Gasteiger partial charge in [0.1, 0.15) is 0 Å². The van der Waals surface area contributed by atoms with E-state index in [1.165, 1.54) is 44.9 Å². The van der Waals surface area contributed by atoms with Crippen molar-refractivity contribution in [1.29, 1.82) is 5.26 Å². The summed E-state index contributed by atoms with van der Waals surface area (Å²) in [5, 5.41) is 9.41. The summed E-state index contributed by atoms with van der Waals surface area (Å²) in [7, 11) is 0. The number of hydrogen-bond acceptors (Lipinski definition) is 1. The summed E-state index contributed by atoms with van der Waals surface area (Å²) in [6.45, 7) is 16.9. The van der Waals surface area contributed by atoms with Crippen LogP contribution in [0.3, 0.4) is 0 Å². The van der Waals surface area contributed by atoms with Gasteiger partial charge in [-0.15, -0.1) is 0 Å². The van der Waals surface area contributed by atoms with Crippen molar-refractivity contribution < 1.29 is 0 Å². The average Bonchev–Trinajstić information content (AvgIpc) is 3.00. The zero-order valence-corrected chi connectivity index (χ0v) is 16.7. The molecule has 23 heavy (non-hydrogen) atoms. The third kappa shape index (κ3) is 3.94. The summed E-state index contributed by atoms with van der Waals surface area (Å²) < 4.78 is 0. The van der Waals surface area contributed by atoms with Crippen LogP contribution < -0.4 is 0 Å². The van der Waals surface area contributed by atoms with Crippen LogP contribution in [0, 0.1) is 51.2 Å². The van der Waals surface area contributed by atoms with Crippen LogP contribution in [0.25, 0.3) is 0 Å². The Balaban J connectivity index is 2.09. The number of rotatable bonds is 5. The quantitative estimate of drug-likeness (QED) is 0.545. The van der Waals surface area contributed by atoms with Gasteiger partial charge in [0.15, 0.2) is 0 Å². The Bertz CT molecular complexity index is 444. The molecule has 0 spiro atoms. The molecule has 2 rings (SSSR count). The molecule has 5 unspecified atom stereocenters. The molecule has 2 aliphatic rings. The molecular formula is C22H39N. The monoisotopic (exact) mass is 317 g/mol. The largest absolute Gasteiger partial charge is 0.198 e. The summed E-state index contributed by atoms with van der Waals surface area (Å²) in [6.07, 6.45) is 9.21. The van der Waals surface area contributed by atoms with Crippen LogP contribution in [0.5, 0.6) is 0 Å². The fourth-order valence-corrected chi connectivity index (χ4v) is 6.01. The van der Waals surface area contributed by atoms with E-state index in [2.05, 4.69) is 54.5 Å². The fraction of sp³-hybridized carbons (Fsp3) is 0.955. The Morgan fingerprint density at radius 1 is 1.00 bits per heavy atom. The number of nitrogens with zero attached hydrogens (tertiary/aromatic N) is 1. The molecule has 132 valence electrons. The van der Waals surface area contributed by atoms with E-state index in [-0.39, 0.29) is 0 Å². The van der Waals surface area contributed by atoms with Crippen molar-refractivity contribution in [2.24, 2.45) is 39.9 Å². The standard InChI is InChI=1S/C22H39N/c1-8-22(21(5,6)7,15-20(2,3)4)10-9-17-11-16-12-18(14-23)19(17)13-16/h16-19H,8-13,15H2,1-7H3. The van der Waals surface area contributed by atoms with Crippen LogP contribution >= 0.6 is 0 Å². The molecule has 2 bridgehead atoms. The van der Waals surface area contributed by atoms with Gasteiger partial charge in [0.25, 0.3) is 0 Å². The maximum absolute atomic E-state index is 9.41. The smallest absolute Gasteiger partial charge is 0.0658 e. The molecule has 2 fully saturated rings. The Morgan fingerprint density at radius 3 is 2.09 bits per heavy atom. The first-order valence-corrected chi connectivity index (χ1v) is 9.91. The van der Waals surface area contributed by atoms with Gasteiger partial charge in [-0.2, -0.15) is 5.26 Å². The summed E-state index contributed by atoms with van der Waals surface area (Å²) in [5.74, 6) is 2.77. The molecule has 0 aliphatic heterocycles. The van der Waals surface area contributed by atoms with Crippen molar-refractivity contribution in [3.8, 4) is 6.07 Å². The van der Waals surface area contributed by atoms with Gasteiger partial charge in [-0.1, -0.05) is 48.5 Å². The van der Waals surface area contributed by atoms with Gasteiger partial charge < -0.3 is 0 Å². The molecule has 0 radical (unpaired) electrons. The minimum atomic E-state index is 0.348. The molecule has 0 aromatic rings. The van der Waals surface area contributed by atoms with Crippen molar-refractivity contribution in [1.82, 2.24) is 0 Å². The lowest BCUT2D eigenvalue weighted by atomic mass is 9.56. The SMILES string of the molecule is CCC(CCC1CC2CC(C#N)C1C2)(CC(C)(C)C)C(C)(C)C. The predicted octanol–water partition coefficient (Wildman–Crippen LogP) is 6.83. The third-order valence-corrected chi connectivity index (χ3v) is 7.25. The third-order valence-electron chi connectivity index (χ3n) is 7.25. The molecule has 0 N–H and O–H groups in total. The lowest BCUT2D eigenvalue weighted by Gasteiger charge is -2.49. The highest BCUT2D eigenvalue weighted by Crippen LogP contribution is 2.57. The second-order valence-corrected chi connectivity index (χ2v) is 10.9. The first-order valence-electron chi connectivity index (χ1n) is 9.91. The van der Waals surface area contributed by atoms with E-state index in [0.29, 0.717) is 28.1 Å². The van der Waals surface area contributed by atoms with Crippen molar-refractivity contribution in [2.45, 2.75) is 93.4 Å². The molecule has 2 aliphatic carbocycles. The second kappa shape index (κ2) is 6.42. The van der Waals surface area contributed by atoms with E-state index >= 15 is 0 Å². The highest BCUT2D eigenvalue weighted by atomic mass is 14.5. The van der Waals surface area contributed by atoms with Gasteiger partial charge >= 0.3 is 0 Å². The Hall–Kier alpha value is -0.510. The van der Waals surface area contributed by atoms with E-state index in [9.17, 15) is 5.26 Å². The van der Waals surface area contributed by atoms with E-state index in [1.807, 2.05) is 0 Å². The number of hydrogen-bond donors (Lipinski definition) is 0. The first-order chi connectivity index (χ1) is 10.5. The minimum Gasteiger partial charge on any atom is -0.198 e. The summed E-state index contributed by atoms with van der Waals surface area (Å²) in [6, 6.07) is 2.60. The molecule has 5 atom stereocenters. The van der Waals surface area contributed by atoms with Gasteiger partial charge in [0.05, 0.1) is 6.07 Å².